The first kappa shape index (κ1) is 10.9. The molecule has 0 aromatic rings. The van der Waals surface area contributed by atoms with Gasteiger partial charge < -0.3 is 9.84 Å². The molecule has 0 radical (unpaired) electrons. The molecule has 1 saturated heterocycles. The van der Waals surface area contributed by atoms with Gasteiger partial charge in [0.1, 0.15) is 6.04 Å². The Morgan fingerprint density at radius 1 is 1.53 bits per heavy atom. The third-order valence-corrected chi connectivity index (χ3v) is 3.51. The van der Waals surface area contributed by atoms with Crippen LogP contribution in [0.2, 0.25) is 0 Å². The molecule has 2 unspecified atom stereocenters. The van der Waals surface area contributed by atoms with Crippen LogP contribution >= 0.6 is 0 Å². The average molecular weight is 213 g/mol. The second-order valence-electron chi connectivity index (χ2n) is 4.59. The molecule has 0 spiro atoms. The number of carboxylic acid groups (broad SMARTS) is 1. The largest absolute Gasteiger partial charge is 0.480 e. The first-order valence-corrected chi connectivity index (χ1v) is 5.71. The highest BCUT2D eigenvalue weighted by atomic mass is 16.5. The summed E-state index contributed by atoms with van der Waals surface area (Å²) in [7, 11) is 1.70. The van der Waals surface area contributed by atoms with E-state index in [-0.39, 0.29) is 6.04 Å². The molecule has 0 aromatic heterocycles. The molecule has 1 heterocycles. The van der Waals surface area contributed by atoms with Crippen LogP contribution in [0.4, 0.5) is 0 Å². The van der Waals surface area contributed by atoms with Crippen molar-refractivity contribution in [2.75, 3.05) is 20.3 Å². The van der Waals surface area contributed by atoms with Crippen molar-refractivity contribution in [3.8, 4) is 0 Å². The second-order valence-corrected chi connectivity index (χ2v) is 4.59. The molecule has 4 nitrogen and oxygen atoms in total. The van der Waals surface area contributed by atoms with Crippen LogP contribution in [0.1, 0.15) is 25.7 Å². The summed E-state index contributed by atoms with van der Waals surface area (Å²) in [6.07, 6.45) is 4.26. The maximum atomic E-state index is 11.1. The molecule has 2 atom stereocenters. The number of ether oxygens (including phenoxy) is 1. The van der Waals surface area contributed by atoms with Crippen LogP contribution in [-0.4, -0.2) is 48.3 Å². The molecular weight excluding hydrogens is 194 g/mol. The van der Waals surface area contributed by atoms with Crippen molar-refractivity contribution < 1.29 is 14.6 Å². The van der Waals surface area contributed by atoms with Crippen molar-refractivity contribution in [3.63, 3.8) is 0 Å². The van der Waals surface area contributed by atoms with Gasteiger partial charge in [-0.05, 0) is 38.1 Å². The Hall–Kier alpha value is -0.610. The summed E-state index contributed by atoms with van der Waals surface area (Å²) in [6, 6.07) is 0.0596. The smallest absolute Gasteiger partial charge is 0.320 e. The molecular formula is C11H19NO3. The number of hydrogen-bond acceptors (Lipinski definition) is 3. The van der Waals surface area contributed by atoms with E-state index in [9.17, 15) is 4.79 Å². The average Bonchev–Trinajstić information content (AvgIpc) is 2.91. The minimum atomic E-state index is -0.672. The Morgan fingerprint density at radius 3 is 2.80 bits per heavy atom. The third-order valence-electron chi connectivity index (χ3n) is 3.51. The van der Waals surface area contributed by atoms with Crippen LogP contribution in [0.15, 0.2) is 0 Å². The fraction of sp³-hybridized carbons (Fsp3) is 0.909. The van der Waals surface area contributed by atoms with Gasteiger partial charge in [0.05, 0.1) is 6.61 Å². The lowest BCUT2D eigenvalue weighted by molar-refractivity contribution is -0.143. The van der Waals surface area contributed by atoms with Crippen LogP contribution in [0.5, 0.6) is 0 Å². The third kappa shape index (κ3) is 2.32. The first-order chi connectivity index (χ1) is 7.24. The summed E-state index contributed by atoms with van der Waals surface area (Å²) in [5.41, 5.74) is 0. The van der Waals surface area contributed by atoms with E-state index in [1.54, 1.807) is 7.11 Å². The Morgan fingerprint density at radius 2 is 2.27 bits per heavy atom. The van der Waals surface area contributed by atoms with Gasteiger partial charge in [0.15, 0.2) is 0 Å². The molecule has 0 aromatic carbocycles. The monoisotopic (exact) mass is 213 g/mol. The van der Waals surface area contributed by atoms with Crippen molar-refractivity contribution in [3.05, 3.63) is 0 Å². The summed E-state index contributed by atoms with van der Waals surface area (Å²) < 4.78 is 5.21. The van der Waals surface area contributed by atoms with Gasteiger partial charge >= 0.3 is 5.97 Å². The molecule has 86 valence electrons. The van der Waals surface area contributed by atoms with Gasteiger partial charge in [-0.1, -0.05) is 0 Å². The molecule has 1 aliphatic heterocycles. The van der Waals surface area contributed by atoms with Gasteiger partial charge in [-0.2, -0.15) is 0 Å². The van der Waals surface area contributed by atoms with E-state index in [0.717, 1.165) is 19.4 Å². The fourth-order valence-electron chi connectivity index (χ4n) is 2.61. The molecule has 4 heteroatoms. The van der Waals surface area contributed by atoms with Crippen molar-refractivity contribution in [1.29, 1.82) is 0 Å². The van der Waals surface area contributed by atoms with Crippen molar-refractivity contribution in [2.45, 2.75) is 37.8 Å². The number of likely N-dealkylation sites (tertiary alicyclic amines) is 1. The van der Waals surface area contributed by atoms with Crippen molar-refractivity contribution in [2.24, 2.45) is 5.92 Å². The minimum Gasteiger partial charge on any atom is -0.480 e. The molecule has 1 N–H and O–H groups in total. The first-order valence-electron chi connectivity index (χ1n) is 5.71. The maximum absolute atomic E-state index is 11.1. The lowest BCUT2D eigenvalue weighted by atomic mass is 10.1. The number of methoxy groups -OCH3 is 1. The maximum Gasteiger partial charge on any atom is 0.320 e. The van der Waals surface area contributed by atoms with Gasteiger partial charge in [-0.25, -0.2) is 0 Å². The highest BCUT2D eigenvalue weighted by Crippen LogP contribution is 2.38. The lowest BCUT2D eigenvalue weighted by Gasteiger charge is -2.30. The summed E-state index contributed by atoms with van der Waals surface area (Å²) >= 11 is 0. The van der Waals surface area contributed by atoms with E-state index < -0.39 is 5.97 Å². The Balaban J connectivity index is 2.01. The number of carboxylic acids is 1. The number of hydrogen-bond donors (Lipinski definition) is 1. The summed E-state index contributed by atoms with van der Waals surface area (Å²) in [4.78, 5) is 13.2. The van der Waals surface area contributed by atoms with E-state index in [1.165, 1.54) is 12.8 Å². The molecule has 0 bridgehead atoms. The quantitative estimate of drug-likeness (QED) is 0.739. The summed E-state index contributed by atoms with van der Waals surface area (Å²) in [5, 5.41) is 9.12. The molecule has 2 fully saturated rings. The van der Waals surface area contributed by atoms with E-state index in [1.807, 2.05) is 0 Å². The van der Waals surface area contributed by atoms with Crippen LogP contribution in [0.25, 0.3) is 0 Å². The number of nitrogens with zero attached hydrogens (tertiary/aromatic N) is 1. The molecule has 2 rings (SSSR count). The number of aliphatic carboxylic acids is 1. The minimum absolute atomic E-state index is 0.272. The van der Waals surface area contributed by atoms with Gasteiger partial charge in [0.2, 0.25) is 0 Å². The summed E-state index contributed by atoms with van der Waals surface area (Å²) in [5.74, 6) is -0.000784. The molecule has 15 heavy (non-hydrogen) atoms. The topological polar surface area (TPSA) is 49.8 Å². The van der Waals surface area contributed by atoms with Crippen molar-refractivity contribution in [1.82, 2.24) is 4.90 Å². The van der Waals surface area contributed by atoms with E-state index in [2.05, 4.69) is 4.90 Å². The molecule has 1 saturated carbocycles. The zero-order valence-corrected chi connectivity index (χ0v) is 9.19. The van der Waals surface area contributed by atoms with Gasteiger partial charge in [0, 0.05) is 13.2 Å². The zero-order chi connectivity index (χ0) is 10.8. The predicted octanol–water partition coefficient (Wildman–Crippen LogP) is 0.960. The highest BCUT2D eigenvalue weighted by molar-refractivity contribution is 5.73. The van der Waals surface area contributed by atoms with Gasteiger partial charge in [0.25, 0.3) is 0 Å². The van der Waals surface area contributed by atoms with E-state index >= 15 is 0 Å². The normalized spacial score (nSPS) is 29.3. The number of carbonyl (C=O) groups is 1. The zero-order valence-electron chi connectivity index (χ0n) is 9.19. The van der Waals surface area contributed by atoms with Crippen LogP contribution < -0.4 is 0 Å². The van der Waals surface area contributed by atoms with Gasteiger partial charge in [-0.3, -0.25) is 9.69 Å². The van der Waals surface area contributed by atoms with Crippen LogP contribution in [0, 0.1) is 5.92 Å². The highest BCUT2D eigenvalue weighted by Gasteiger charge is 2.42. The van der Waals surface area contributed by atoms with Crippen molar-refractivity contribution >= 4 is 5.97 Å². The second kappa shape index (κ2) is 4.49. The van der Waals surface area contributed by atoms with E-state index in [0.29, 0.717) is 18.6 Å². The standard InChI is InChI=1S/C11H19NO3/c1-15-7-10(8-4-5-8)12-6-2-3-9(12)11(13)14/h8-10H,2-7H2,1H3,(H,13,14). The Bertz CT molecular complexity index is 240. The van der Waals surface area contributed by atoms with E-state index in [4.69, 9.17) is 9.84 Å². The number of rotatable bonds is 5. The van der Waals surface area contributed by atoms with Crippen LogP contribution in [-0.2, 0) is 9.53 Å². The van der Waals surface area contributed by atoms with Gasteiger partial charge in [-0.15, -0.1) is 0 Å². The predicted molar refractivity (Wildman–Crippen MR) is 55.8 cm³/mol. The van der Waals surface area contributed by atoms with Crippen LogP contribution in [0.3, 0.4) is 0 Å². The Labute approximate surface area is 90.2 Å². The molecule has 2 aliphatic rings. The fourth-order valence-corrected chi connectivity index (χ4v) is 2.61. The lowest BCUT2D eigenvalue weighted by Crippen LogP contribution is -2.46. The Kier molecular flexibility index (Phi) is 3.26. The molecule has 0 amide bonds. The molecule has 1 aliphatic carbocycles. The SMILES string of the molecule is COCC(C1CC1)N1CCCC1C(=O)O. The summed E-state index contributed by atoms with van der Waals surface area (Å²) in [6.45, 7) is 1.59.